The van der Waals surface area contributed by atoms with Gasteiger partial charge in [-0.25, -0.2) is 0 Å². The number of carboxylic acids is 2. The van der Waals surface area contributed by atoms with Gasteiger partial charge in [-0.3, -0.25) is 9.59 Å². The number of carboxylic acid groups (broad SMARTS) is 2. The average molecular weight is 621 g/mol. The number of carbonyl (C=O) groups is 2. The average Bonchev–Trinajstić information content (AvgIpc) is 3.89. The van der Waals surface area contributed by atoms with E-state index in [1.54, 1.807) is 0 Å². The first-order valence-electron chi connectivity index (χ1n) is 18.2. The molecule has 0 saturated carbocycles. The summed E-state index contributed by atoms with van der Waals surface area (Å²) in [7, 11) is 0. The summed E-state index contributed by atoms with van der Waals surface area (Å²) in [5.74, 6) is -1.34. The number of unbranched alkanes of at least 4 members (excludes halogenated alkanes) is 18. The van der Waals surface area contributed by atoms with E-state index in [4.69, 9.17) is 19.7 Å². The zero-order valence-corrected chi connectivity index (χ0v) is 29.8. The van der Waals surface area contributed by atoms with Gasteiger partial charge in [0.1, 0.15) is 0 Å². The molecule has 2 heterocycles. The molecule has 2 aliphatic heterocycles. The molecule has 2 rings (SSSR count). The maximum atomic E-state index is 10.4. The van der Waals surface area contributed by atoms with Gasteiger partial charge in [0.2, 0.25) is 0 Å². The monoisotopic (exact) mass is 620 g/mol. The minimum atomic E-state index is -0.668. The Kier molecular flexibility index (Phi) is 30.0. The summed E-state index contributed by atoms with van der Waals surface area (Å²) in [6.07, 6.45) is 35.2. The third-order valence-corrected chi connectivity index (χ3v) is 8.82. The van der Waals surface area contributed by atoms with Crippen LogP contribution in [0.5, 0.6) is 0 Å². The lowest BCUT2D eigenvalue weighted by atomic mass is 10.0. The fourth-order valence-corrected chi connectivity index (χ4v) is 5.93. The molecule has 2 radical (unpaired) electrons. The van der Waals surface area contributed by atoms with Gasteiger partial charge in [0, 0.05) is 35.9 Å². The summed E-state index contributed by atoms with van der Waals surface area (Å²) in [6.45, 7) is 4.52. The summed E-state index contributed by atoms with van der Waals surface area (Å²) in [6, 6.07) is 0. The molecule has 0 spiro atoms. The minimum absolute atomic E-state index is 0. The quantitative estimate of drug-likeness (QED) is 0.0471. The van der Waals surface area contributed by atoms with Gasteiger partial charge in [0.05, 0.1) is 24.4 Å². The highest BCUT2D eigenvalue weighted by molar-refractivity contribution is 5.75. The van der Waals surface area contributed by atoms with E-state index >= 15 is 0 Å². The van der Waals surface area contributed by atoms with Crippen LogP contribution in [-0.4, -0.2) is 69.6 Å². The van der Waals surface area contributed by atoms with Crippen molar-refractivity contribution in [2.45, 2.75) is 218 Å². The Morgan fingerprint density at radius 3 is 0.907 bits per heavy atom. The number of epoxide rings is 2. The van der Waals surface area contributed by atoms with Gasteiger partial charge in [0.25, 0.3) is 0 Å². The van der Waals surface area contributed by atoms with Crippen molar-refractivity contribution in [1.29, 1.82) is 0 Å². The van der Waals surface area contributed by atoms with Gasteiger partial charge in [-0.05, 0) is 38.5 Å². The topological polar surface area (TPSA) is 99.7 Å². The zero-order valence-electron chi connectivity index (χ0n) is 28.3. The highest BCUT2D eigenvalue weighted by Gasteiger charge is 2.37. The third kappa shape index (κ3) is 28.8. The Labute approximate surface area is 281 Å². The van der Waals surface area contributed by atoms with Crippen LogP contribution in [0.1, 0.15) is 194 Å². The van der Waals surface area contributed by atoms with Crippen molar-refractivity contribution in [3.63, 3.8) is 0 Å². The Balaban J connectivity index is 0.000000802. The zero-order chi connectivity index (χ0) is 30.7. The first-order valence-corrected chi connectivity index (χ1v) is 18.2. The van der Waals surface area contributed by atoms with Gasteiger partial charge in [0.15, 0.2) is 0 Å². The van der Waals surface area contributed by atoms with E-state index in [0.717, 1.165) is 25.7 Å². The molecule has 0 bridgehead atoms. The van der Waals surface area contributed by atoms with Crippen molar-refractivity contribution in [3.8, 4) is 0 Å². The van der Waals surface area contributed by atoms with Crippen LogP contribution in [0.3, 0.4) is 0 Å². The molecule has 0 aromatic carbocycles. The van der Waals surface area contributed by atoms with E-state index < -0.39 is 11.9 Å². The van der Waals surface area contributed by atoms with Crippen LogP contribution in [0.4, 0.5) is 0 Å². The molecule has 2 saturated heterocycles. The highest BCUT2D eigenvalue weighted by Crippen LogP contribution is 2.32. The molecule has 4 unspecified atom stereocenters. The van der Waals surface area contributed by atoms with Crippen LogP contribution in [0.2, 0.25) is 0 Å². The molecular weight excluding hydrogens is 553 g/mol. The van der Waals surface area contributed by atoms with E-state index in [-0.39, 0.29) is 23.1 Å². The first-order chi connectivity index (χ1) is 20.5. The van der Waals surface area contributed by atoms with E-state index in [9.17, 15) is 9.59 Å². The Bertz CT molecular complexity index is 591. The van der Waals surface area contributed by atoms with Crippen molar-refractivity contribution in [1.82, 2.24) is 0 Å². The smallest absolute Gasteiger partial charge is 0.303 e. The predicted molar refractivity (Wildman–Crippen MR) is 179 cm³/mol. The number of hydrogen-bond acceptors (Lipinski definition) is 4. The molecule has 2 N–H and O–H groups in total. The van der Waals surface area contributed by atoms with E-state index in [0.29, 0.717) is 37.3 Å². The highest BCUT2D eigenvalue weighted by atomic mass is 24.3. The molecule has 2 aliphatic rings. The SMILES string of the molecule is CCCCCCCCC1OC1CCCCCCCC(=O)O.CCCCCCCCC1OC1CCCCCCCC(=O)O.[Mg]. The van der Waals surface area contributed by atoms with Crippen molar-refractivity contribution < 1.29 is 29.3 Å². The van der Waals surface area contributed by atoms with Gasteiger partial charge < -0.3 is 19.7 Å². The van der Waals surface area contributed by atoms with Gasteiger partial charge in [-0.2, -0.15) is 0 Å². The van der Waals surface area contributed by atoms with Crippen molar-refractivity contribution in [3.05, 3.63) is 0 Å². The maximum Gasteiger partial charge on any atom is 0.303 e. The minimum Gasteiger partial charge on any atom is -0.481 e. The van der Waals surface area contributed by atoms with E-state index in [2.05, 4.69) is 13.8 Å². The van der Waals surface area contributed by atoms with Crippen LogP contribution in [-0.2, 0) is 19.1 Å². The maximum absolute atomic E-state index is 10.4. The summed E-state index contributed by atoms with van der Waals surface area (Å²) >= 11 is 0. The standard InChI is InChI=1S/2C18H34O3.Mg/c2*1-2-3-4-5-7-10-13-16-17(21-16)14-11-8-6-9-12-15-18(19)20;/h2*16-17H,2-15H2,1H3,(H,19,20);. The van der Waals surface area contributed by atoms with Gasteiger partial charge >= 0.3 is 11.9 Å². The number of rotatable bonds is 30. The second kappa shape index (κ2) is 30.3. The van der Waals surface area contributed by atoms with Gasteiger partial charge in [-0.15, -0.1) is 0 Å². The summed E-state index contributed by atoms with van der Waals surface area (Å²) < 4.78 is 11.5. The fourth-order valence-electron chi connectivity index (χ4n) is 5.93. The predicted octanol–water partition coefficient (Wildman–Crippen LogP) is 10.3. The summed E-state index contributed by atoms with van der Waals surface area (Å²) in [5, 5.41) is 17.1. The first kappa shape index (κ1) is 42.6. The molecule has 0 aromatic heterocycles. The Hall–Kier alpha value is -0.374. The summed E-state index contributed by atoms with van der Waals surface area (Å²) in [4.78, 5) is 20.7. The van der Waals surface area contributed by atoms with Crippen LogP contribution in [0.15, 0.2) is 0 Å². The van der Waals surface area contributed by atoms with E-state index in [1.807, 2.05) is 0 Å². The molecule has 0 amide bonds. The molecule has 250 valence electrons. The number of ether oxygens (including phenoxy) is 2. The summed E-state index contributed by atoms with van der Waals surface area (Å²) in [5.41, 5.74) is 0. The lowest BCUT2D eigenvalue weighted by Crippen LogP contribution is -1.95. The van der Waals surface area contributed by atoms with E-state index in [1.165, 1.54) is 141 Å². The molecule has 4 atom stereocenters. The molecule has 43 heavy (non-hydrogen) atoms. The van der Waals surface area contributed by atoms with Crippen LogP contribution in [0, 0.1) is 0 Å². The fraction of sp³-hybridized carbons (Fsp3) is 0.944. The van der Waals surface area contributed by atoms with Gasteiger partial charge in [-0.1, -0.05) is 142 Å². The lowest BCUT2D eigenvalue weighted by molar-refractivity contribution is -0.138. The Morgan fingerprint density at radius 2 is 0.651 bits per heavy atom. The molecule has 6 nitrogen and oxygen atoms in total. The van der Waals surface area contributed by atoms with Crippen LogP contribution < -0.4 is 0 Å². The molecule has 7 heteroatoms. The molecule has 0 aromatic rings. The third-order valence-electron chi connectivity index (χ3n) is 8.82. The van der Waals surface area contributed by atoms with Crippen LogP contribution >= 0.6 is 0 Å². The largest absolute Gasteiger partial charge is 0.481 e. The normalized spacial score (nSPS) is 20.1. The lowest BCUT2D eigenvalue weighted by Gasteiger charge is -2.00. The van der Waals surface area contributed by atoms with Crippen molar-refractivity contribution in [2.24, 2.45) is 0 Å². The molecule has 0 aliphatic carbocycles. The number of hydrogen-bond donors (Lipinski definition) is 2. The van der Waals surface area contributed by atoms with Crippen LogP contribution in [0.25, 0.3) is 0 Å². The number of aliphatic carboxylic acids is 2. The molecular formula is C36H68MgO6. The van der Waals surface area contributed by atoms with Crippen molar-refractivity contribution in [2.75, 3.05) is 0 Å². The molecule has 2 fully saturated rings. The second-order valence-electron chi connectivity index (χ2n) is 12.9. The second-order valence-corrected chi connectivity index (χ2v) is 12.9. The van der Waals surface area contributed by atoms with Crippen molar-refractivity contribution >= 4 is 35.0 Å². The Morgan fingerprint density at radius 1 is 0.419 bits per heavy atom.